The summed E-state index contributed by atoms with van der Waals surface area (Å²) in [7, 11) is 0. The lowest BCUT2D eigenvalue weighted by molar-refractivity contribution is -0.137. The fourth-order valence-electron chi connectivity index (χ4n) is 1.33. The minimum atomic E-state index is -0.244. The Morgan fingerprint density at radius 1 is 1.54 bits per heavy atom. The average molecular weight is 183 g/mol. The molecule has 3 nitrogen and oxygen atoms in total. The van der Waals surface area contributed by atoms with Gasteiger partial charge in [-0.15, -0.1) is 0 Å². The van der Waals surface area contributed by atoms with Crippen LogP contribution in [0, 0.1) is 0 Å². The van der Waals surface area contributed by atoms with E-state index in [0.29, 0.717) is 18.7 Å². The van der Waals surface area contributed by atoms with Crippen LogP contribution < -0.4 is 5.32 Å². The molecule has 13 heavy (non-hydrogen) atoms. The molecule has 1 N–H and O–H groups in total. The third-order valence-corrected chi connectivity index (χ3v) is 2.06. The number of nitrogens with one attached hydrogen (secondary N) is 1. The van der Waals surface area contributed by atoms with Crippen molar-refractivity contribution in [2.24, 2.45) is 0 Å². The highest BCUT2D eigenvalue weighted by Gasteiger charge is 2.32. The van der Waals surface area contributed by atoms with E-state index in [0.717, 1.165) is 0 Å². The summed E-state index contributed by atoms with van der Waals surface area (Å²) in [6.45, 7) is 4.41. The highest BCUT2D eigenvalue weighted by atomic mass is 16.5. The van der Waals surface area contributed by atoms with Crippen LogP contribution in [0.4, 0.5) is 0 Å². The monoisotopic (exact) mass is 183 g/mol. The topological polar surface area (TPSA) is 48.2 Å². The van der Waals surface area contributed by atoms with Gasteiger partial charge in [0, 0.05) is 18.2 Å². The SMILES string of the molecule is CCC[C@@H]1N[C@H]1/C=C/C(=O)OCC. The van der Waals surface area contributed by atoms with Crippen molar-refractivity contribution in [3.8, 4) is 0 Å². The van der Waals surface area contributed by atoms with E-state index in [2.05, 4.69) is 12.2 Å². The molecule has 1 aliphatic heterocycles. The Bertz CT molecular complexity index is 201. The van der Waals surface area contributed by atoms with E-state index in [4.69, 9.17) is 4.74 Å². The maximum Gasteiger partial charge on any atom is 0.330 e. The Hall–Kier alpha value is -0.830. The maximum absolute atomic E-state index is 10.9. The van der Waals surface area contributed by atoms with Gasteiger partial charge in [-0.3, -0.25) is 0 Å². The van der Waals surface area contributed by atoms with Crippen LogP contribution in [0.25, 0.3) is 0 Å². The summed E-state index contributed by atoms with van der Waals surface area (Å²) in [5.74, 6) is -0.244. The summed E-state index contributed by atoms with van der Waals surface area (Å²) in [6, 6.07) is 0.972. The third-order valence-electron chi connectivity index (χ3n) is 2.06. The molecule has 1 aliphatic rings. The van der Waals surface area contributed by atoms with Crippen LogP contribution >= 0.6 is 0 Å². The molecule has 0 spiro atoms. The van der Waals surface area contributed by atoms with E-state index in [1.807, 2.05) is 6.08 Å². The second-order valence-corrected chi connectivity index (χ2v) is 3.20. The molecule has 0 unspecified atom stereocenters. The Kier molecular flexibility index (Phi) is 3.96. The lowest BCUT2D eigenvalue weighted by Crippen LogP contribution is -2.00. The molecule has 0 aromatic heterocycles. The fourth-order valence-corrected chi connectivity index (χ4v) is 1.33. The van der Waals surface area contributed by atoms with Gasteiger partial charge in [0.2, 0.25) is 0 Å². The van der Waals surface area contributed by atoms with E-state index in [-0.39, 0.29) is 5.97 Å². The molecule has 0 aromatic rings. The van der Waals surface area contributed by atoms with Gasteiger partial charge in [0.1, 0.15) is 0 Å². The third kappa shape index (κ3) is 3.59. The van der Waals surface area contributed by atoms with Crippen molar-refractivity contribution in [1.29, 1.82) is 0 Å². The minimum absolute atomic E-state index is 0.244. The second-order valence-electron chi connectivity index (χ2n) is 3.20. The molecule has 3 heteroatoms. The Morgan fingerprint density at radius 2 is 2.31 bits per heavy atom. The zero-order chi connectivity index (χ0) is 9.68. The number of hydrogen-bond acceptors (Lipinski definition) is 3. The molecule has 0 bridgehead atoms. The first-order valence-corrected chi connectivity index (χ1v) is 4.89. The van der Waals surface area contributed by atoms with E-state index in [1.165, 1.54) is 18.9 Å². The van der Waals surface area contributed by atoms with Gasteiger partial charge in [-0.1, -0.05) is 19.4 Å². The smallest absolute Gasteiger partial charge is 0.330 e. The van der Waals surface area contributed by atoms with Gasteiger partial charge in [0.05, 0.1) is 6.61 Å². The first-order chi connectivity index (χ1) is 6.27. The van der Waals surface area contributed by atoms with Crippen molar-refractivity contribution in [1.82, 2.24) is 5.32 Å². The largest absolute Gasteiger partial charge is 0.463 e. The molecule has 0 aromatic carbocycles. The molecule has 0 aliphatic carbocycles. The molecule has 0 amide bonds. The zero-order valence-corrected chi connectivity index (χ0v) is 8.25. The maximum atomic E-state index is 10.9. The van der Waals surface area contributed by atoms with E-state index in [9.17, 15) is 4.79 Å². The van der Waals surface area contributed by atoms with Crippen molar-refractivity contribution in [3.05, 3.63) is 12.2 Å². The summed E-state index contributed by atoms with van der Waals surface area (Å²) in [5.41, 5.74) is 0. The Labute approximate surface area is 79.2 Å². The lowest BCUT2D eigenvalue weighted by atomic mass is 10.2. The van der Waals surface area contributed by atoms with Gasteiger partial charge < -0.3 is 10.1 Å². The predicted octanol–water partition coefficient (Wildman–Crippen LogP) is 1.25. The summed E-state index contributed by atoms with van der Waals surface area (Å²) in [6.07, 6.45) is 5.76. The molecule has 1 heterocycles. The zero-order valence-electron chi connectivity index (χ0n) is 8.25. The normalized spacial score (nSPS) is 26.3. The van der Waals surface area contributed by atoms with Crippen LogP contribution in [0.2, 0.25) is 0 Å². The summed E-state index contributed by atoms with van der Waals surface area (Å²) in [5, 5.41) is 3.27. The van der Waals surface area contributed by atoms with Crippen LogP contribution in [-0.2, 0) is 9.53 Å². The quantitative estimate of drug-likeness (QED) is 0.396. The van der Waals surface area contributed by atoms with Crippen molar-refractivity contribution < 1.29 is 9.53 Å². The molecular weight excluding hydrogens is 166 g/mol. The van der Waals surface area contributed by atoms with Gasteiger partial charge in [0.25, 0.3) is 0 Å². The van der Waals surface area contributed by atoms with Crippen LogP contribution in [-0.4, -0.2) is 24.7 Å². The average Bonchev–Trinajstić information content (AvgIpc) is 2.82. The number of carbonyl (C=O) groups excluding carboxylic acids is 1. The Morgan fingerprint density at radius 3 is 2.92 bits per heavy atom. The number of rotatable bonds is 5. The first-order valence-electron chi connectivity index (χ1n) is 4.89. The number of esters is 1. The summed E-state index contributed by atoms with van der Waals surface area (Å²) >= 11 is 0. The van der Waals surface area contributed by atoms with Crippen LogP contribution in [0.3, 0.4) is 0 Å². The highest BCUT2D eigenvalue weighted by Crippen LogP contribution is 2.17. The van der Waals surface area contributed by atoms with E-state index < -0.39 is 0 Å². The molecule has 1 rings (SSSR count). The lowest BCUT2D eigenvalue weighted by Gasteiger charge is -1.93. The molecule has 74 valence electrons. The standard InChI is InChI=1S/C10H17NO2/c1-3-5-8-9(11-8)6-7-10(12)13-4-2/h6-9,11H,3-5H2,1-2H3/b7-6+/t8-,9-/m0/s1. The van der Waals surface area contributed by atoms with Gasteiger partial charge in [-0.05, 0) is 13.3 Å². The van der Waals surface area contributed by atoms with Crippen LogP contribution in [0.15, 0.2) is 12.2 Å². The predicted molar refractivity (Wildman–Crippen MR) is 51.4 cm³/mol. The summed E-state index contributed by atoms with van der Waals surface area (Å²) < 4.78 is 4.76. The van der Waals surface area contributed by atoms with Crippen LogP contribution in [0.5, 0.6) is 0 Å². The Balaban J connectivity index is 2.15. The number of ether oxygens (including phenoxy) is 1. The molecule has 0 saturated carbocycles. The number of carbonyl (C=O) groups is 1. The molecular formula is C10H17NO2. The molecule has 2 atom stereocenters. The van der Waals surface area contributed by atoms with Gasteiger partial charge >= 0.3 is 5.97 Å². The molecule has 1 fully saturated rings. The highest BCUT2D eigenvalue weighted by molar-refractivity contribution is 5.82. The van der Waals surface area contributed by atoms with E-state index in [1.54, 1.807) is 6.92 Å². The van der Waals surface area contributed by atoms with E-state index >= 15 is 0 Å². The van der Waals surface area contributed by atoms with Crippen molar-refractivity contribution >= 4 is 5.97 Å². The van der Waals surface area contributed by atoms with Gasteiger partial charge in [-0.2, -0.15) is 0 Å². The number of hydrogen-bond donors (Lipinski definition) is 1. The van der Waals surface area contributed by atoms with Crippen molar-refractivity contribution in [2.45, 2.75) is 38.8 Å². The van der Waals surface area contributed by atoms with Gasteiger partial charge in [-0.25, -0.2) is 4.79 Å². The first kappa shape index (κ1) is 10.3. The van der Waals surface area contributed by atoms with Crippen molar-refractivity contribution in [3.63, 3.8) is 0 Å². The second kappa shape index (κ2) is 5.02. The molecule has 0 radical (unpaired) electrons. The van der Waals surface area contributed by atoms with Crippen molar-refractivity contribution in [2.75, 3.05) is 6.61 Å². The minimum Gasteiger partial charge on any atom is -0.463 e. The van der Waals surface area contributed by atoms with Gasteiger partial charge in [0.15, 0.2) is 0 Å². The summed E-state index contributed by atoms with van der Waals surface area (Å²) in [4.78, 5) is 10.9. The molecule has 1 saturated heterocycles. The van der Waals surface area contributed by atoms with Crippen LogP contribution in [0.1, 0.15) is 26.7 Å². The fraction of sp³-hybridized carbons (Fsp3) is 0.700.